The molecule has 1 fully saturated rings. The molecule has 0 saturated carbocycles. The summed E-state index contributed by atoms with van der Waals surface area (Å²) in [5.41, 5.74) is 0.439. The topological polar surface area (TPSA) is 29.5 Å². The lowest BCUT2D eigenvalue weighted by Gasteiger charge is -2.42. The van der Waals surface area contributed by atoms with E-state index in [9.17, 15) is 4.79 Å². The van der Waals surface area contributed by atoms with Crippen LogP contribution in [0.3, 0.4) is 0 Å². The van der Waals surface area contributed by atoms with Gasteiger partial charge in [0.05, 0.1) is 18.8 Å². The van der Waals surface area contributed by atoms with Crippen molar-refractivity contribution in [2.45, 2.75) is 24.3 Å². The summed E-state index contributed by atoms with van der Waals surface area (Å²) in [6.07, 6.45) is 0. The van der Waals surface area contributed by atoms with Crippen LogP contribution in [0.2, 0.25) is 0 Å². The predicted octanol–water partition coefficient (Wildman–Crippen LogP) is 2.23. The maximum atomic E-state index is 12.4. The lowest BCUT2D eigenvalue weighted by atomic mass is 10.0. The number of morpholine rings is 1. The highest BCUT2D eigenvalue weighted by atomic mass is 32.1. The van der Waals surface area contributed by atoms with Gasteiger partial charge in [-0.15, -0.1) is 12.6 Å². The number of ether oxygens (including phenoxy) is 1. The number of thiol groups is 1. The third kappa shape index (κ3) is 2.64. The van der Waals surface area contributed by atoms with E-state index in [0.717, 1.165) is 4.90 Å². The lowest BCUT2D eigenvalue weighted by Crippen LogP contribution is -2.55. The third-order valence-corrected chi connectivity index (χ3v) is 3.26. The van der Waals surface area contributed by atoms with Crippen molar-refractivity contribution in [1.29, 1.82) is 0 Å². The Labute approximate surface area is 107 Å². The average molecular weight is 251 g/mol. The largest absolute Gasteiger partial charge is 0.377 e. The van der Waals surface area contributed by atoms with Crippen molar-refractivity contribution in [3.05, 3.63) is 29.8 Å². The molecule has 1 heterocycles. The summed E-state index contributed by atoms with van der Waals surface area (Å²) in [4.78, 5) is 15.1. The Morgan fingerprint density at radius 1 is 1.47 bits per heavy atom. The van der Waals surface area contributed by atoms with Gasteiger partial charge in [-0.1, -0.05) is 6.07 Å². The van der Waals surface area contributed by atoms with Crippen LogP contribution < -0.4 is 0 Å². The van der Waals surface area contributed by atoms with Crippen LogP contribution in [-0.4, -0.2) is 36.1 Å². The molecular weight excluding hydrogens is 234 g/mol. The van der Waals surface area contributed by atoms with Crippen molar-refractivity contribution in [2.24, 2.45) is 0 Å². The van der Waals surface area contributed by atoms with E-state index in [-0.39, 0.29) is 11.4 Å². The first-order valence-electron chi connectivity index (χ1n) is 5.69. The number of hydrogen-bond donors (Lipinski definition) is 1. The molecule has 0 unspecified atom stereocenters. The molecule has 0 aromatic heterocycles. The van der Waals surface area contributed by atoms with Gasteiger partial charge in [0.25, 0.3) is 5.91 Å². The second-order valence-electron chi connectivity index (χ2n) is 4.87. The van der Waals surface area contributed by atoms with E-state index in [1.807, 2.05) is 36.9 Å². The fourth-order valence-corrected chi connectivity index (χ4v) is 2.25. The minimum Gasteiger partial charge on any atom is -0.377 e. The third-order valence-electron chi connectivity index (χ3n) is 2.98. The van der Waals surface area contributed by atoms with Crippen LogP contribution in [0.4, 0.5) is 0 Å². The Morgan fingerprint density at radius 2 is 2.24 bits per heavy atom. The van der Waals surface area contributed by atoms with Gasteiger partial charge in [-0.25, -0.2) is 0 Å². The highest BCUT2D eigenvalue weighted by Gasteiger charge is 2.34. The van der Waals surface area contributed by atoms with E-state index in [0.29, 0.717) is 25.3 Å². The first-order chi connectivity index (χ1) is 8.00. The Morgan fingerprint density at radius 3 is 2.88 bits per heavy atom. The molecule has 1 aromatic rings. The summed E-state index contributed by atoms with van der Waals surface area (Å²) in [6, 6.07) is 7.35. The van der Waals surface area contributed by atoms with E-state index in [1.165, 1.54) is 0 Å². The van der Waals surface area contributed by atoms with Gasteiger partial charge in [-0.05, 0) is 32.0 Å². The smallest absolute Gasteiger partial charge is 0.254 e. The summed E-state index contributed by atoms with van der Waals surface area (Å²) < 4.78 is 5.42. The maximum Gasteiger partial charge on any atom is 0.254 e. The Hall–Kier alpha value is -1.00. The molecule has 17 heavy (non-hydrogen) atoms. The SMILES string of the molecule is CC1(C)COCCN1C(=O)c1cccc(S)c1. The number of carbonyl (C=O) groups excluding carboxylic acids is 1. The number of nitrogens with zero attached hydrogens (tertiary/aromatic N) is 1. The zero-order valence-corrected chi connectivity index (χ0v) is 11.0. The minimum absolute atomic E-state index is 0.0502. The van der Waals surface area contributed by atoms with Crippen LogP contribution in [0.25, 0.3) is 0 Å². The highest BCUT2D eigenvalue weighted by Crippen LogP contribution is 2.22. The molecule has 0 aliphatic carbocycles. The number of hydrogen-bond acceptors (Lipinski definition) is 3. The summed E-state index contributed by atoms with van der Waals surface area (Å²) in [5, 5.41) is 0. The maximum absolute atomic E-state index is 12.4. The second kappa shape index (κ2) is 4.70. The minimum atomic E-state index is -0.248. The molecule has 0 N–H and O–H groups in total. The zero-order chi connectivity index (χ0) is 12.5. The van der Waals surface area contributed by atoms with E-state index in [1.54, 1.807) is 6.07 Å². The zero-order valence-electron chi connectivity index (χ0n) is 10.1. The fourth-order valence-electron chi connectivity index (χ4n) is 2.03. The molecule has 0 bridgehead atoms. The van der Waals surface area contributed by atoms with Crippen LogP contribution in [0.15, 0.2) is 29.2 Å². The number of amides is 1. The average Bonchev–Trinajstić information content (AvgIpc) is 2.27. The van der Waals surface area contributed by atoms with Crippen LogP contribution in [0.5, 0.6) is 0 Å². The van der Waals surface area contributed by atoms with Gasteiger partial charge in [0, 0.05) is 17.0 Å². The number of benzene rings is 1. The molecule has 1 aliphatic heterocycles. The van der Waals surface area contributed by atoms with E-state index < -0.39 is 0 Å². The van der Waals surface area contributed by atoms with E-state index in [2.05, 4.69) is 12.6 Å². The van der Waals surface area contributed by atoms with Gasteiger partial charge in [-0.3, -0.25) is 4.79 Å². The summed E-state index contributed by atoms with van der Waals surface area (Å²) in [6.45, 7) is 5.88. The van der Waals surface area contributed by atoms with Crippen molar-refractivity contribution < 1.29 is 9.53 Å². The van der Waals surface area contributed by atoms with Crippen LogP contribution in [-0.2, 0) is 4.74 Å². The normalized spacial score (nSPS) is 19.1. The molecule has 0 spiro atoms. The molecule has 4 heteroatoms. The van der Waals surface area contributed by atoms with Crippen molar-refractivity contribution >= 4 is 18.5 Å². The Kier molecular flexibility index (Phi) is 3.45. The molecule has 0 atom stereocenters. The van der Waals surface area contributed by atoms with Crippen molar-refractivity contribution in [3.8, 4) is 0 Å². The van der Waals surface area contributed by atoms with Crippen molar-refractivity contribution in [2.75, 3.05) is 19.8 Å². The molecule has 3 nitrogen and oxygen atoms in total. The molecule has 1 amide bonds. The Balaban J connectivity index is 2.25. The van der Waals surface area contributed by atoms with Crippen LogP contribution in [0.1, 0.15) is 24.2 Å². The summed E-state index contributed by atoms with van der Waals surface area (Å²) >= 11 is 4.26. The van der Waals surface area contributed by atoms with E-state index >= 15 is 0 Å². The molecule has 2 rings (SSSR count). The quantitative estimate of drug-likeness (QED) is 0.776. The standard InChI is InChI=1S/C13H17NO2S/c1-13(2)9-16-7-6-14(13)12(15)10-4-3-5-11(17)8-10/h3-5,8,17H,6-7,9H2,1-2H3. The summed E-state index contributed by atoms with van der Waals surface area (Å²) in [5.74, 6) is 0.0502. The fraction of sp³-hybridized carbons (Fsp3) is 0.462. The van der Waals surface area contributed by atoms with E-state index in [4.69, 9.17) is 4.74 Å². The molecular formula is C13H17NO2S. The molecule has 92 valence electrons. The molecule has 1 aliphatic rings. The molecule has 1 saturated heterocycles. The number of carbonyl (C=O) groups is 1. The van der Waals surface area contributed by atoms with Gasteiger partial charge in [0.15, 0.2) is 0 Å². The van der Waals surface area contributed by atoms with Gasteiger partial charge < -0.3 is 9.64 Å². The van der Waals surface area contributed by atoms with Crippen molar-refractivity contribution in [3.63, 3.8) is 0 Å². The van der Waals surface area contributed by atoms with Gasteiger partial charge >= 0.3 is 0 Å². The first-order valence-corrected chi connectivity index (χ1v) is 6.14. The summed E-state index contributed by atoms with van der Waals surface area (Å²) in [7, 11) is 0. The van der Waals surface area contributed by atoms with Crippen LogP contribution in [0, 0.1) is 0 Å². The monoisotopic (exact) mass is 251 g/mol. The van der Waals surface area contributed by atoms with Crippen LogP contribution >= 0.6 is 12.6 Å². The highest BCUT2D eigenvalue weighted by molar-refractivity contribution is 7.80. The van der Waals surface area contributed by atoms with Crippen molar-refractivity contribution in [1.82, 2.24) is 4.90 Å². The van der Waals surface area contributed by atoms with Gasteiger partial charge in [0.1, 0.15) is 0 Å². The number of rotatable bonds is 1. The Bertz CT molecular complexity index is 431. The molecule has 0 radical (unpaired) electrons. The lowest BCUT2D eigenvalue weighted by molar-refractivity contribution is -0.0370. The predicted molar refractivity (Wildman–Crippen MR) is 69.6 cm³/mol. The first kappa shape index (κ1) is 12.5. The molecule has 1 aromatic carbocycles. The van der Waals surface area contributed by atoms with Gasteiger partial charge in [0.2, 0.25) is 0 Å². The van der Waals surface area contributed by atoms with Gasteiger partial charge in [-0.2, -0.15) is 0 Å². The second-order valence-corrected chi connectivity index (χ2v) is 5.39.